The molecular weight excluding hydrogens is 286 g/mol. The molecule has 0 aromatic heterocycles. The topological polar surface area (TPSA) is 50.7 Å². The predicted octanol–water partition coefficient (Wildman–Crippen LogP) is 2.44. The molecule has 1 aliphatic rings. The number of aliphatic hydroxyl groups excluding tert-OH is 1. The average Bonchev–Trinajstić information content (AvgIpc) is 2.92. The van der Waals surface area contributed by atoms with Gasteiger partial charge in [0.1, 0.15) is 0 Å². The zero-order valence-corrected chi connectivity index (χ0v) is 14.5. The molecule has 1 saturated carbocycles. The van der Waals surface area contributed by atoms with Crippen LogP contribution in [-0.4, -0.2) is 61.2 Å². The number of rotatable bonds is 13. The fraction of sp³-hybridized carbons (Fsp3) is 1.00. The summed E-state index contributed by atoms with van der Waals surface area (Å²) in [4.78, 5) is 0. The fourth-order valence-electron chi connectivity index (χ4n) is 2.61. The molecule has 2 N–H and O–H groups in total. The second-order valence-electron chi connectivity index (χ2n) is 5.63. The lowest BCUT2D eigenvalue weighted by Crippen LogP contribution is -2.40. The molecule has 0 aliphatic heterocycles. The van der Waals surface area contributed by atoms with E-state index in [0.717, 1.165) is 24.7 Å². The van der Waals surface area contributed by atoms with Gasteiger partial charge < -0.3 is 19.9 Å². The maximum absolute atomic E-state index is 9.93. The van der Waals surface area contributed by atoms with Gasteiger partial charge >= 0.3 is 0 Å². The monoisotopic (exact) mass is 319 g/mol. The van der Waals surface area contributed by atoms with Gasteiger partial charge in [0.25, 0.3) is 0 Å². The van der Waals surface area contributed by atoms with Crippen LogP contribution in [0.2, 0.25) is 0 Å². The number of hydrogen-bond acceptors (Lipinski definition) is 5. The highest BCUT2D eigenvalue weighted by molar-refractivity contribution is 7.99. The molecule has 0 bridgehead atoms. The molecule has 0 aromatic carbocycles. The van der Waals surface area contributed by atoms with Crippen molar-refractivity contribution in [1.82, 2.24) is 5.32 Å². The third-order valence-corrected chi connectivity index (χ3v) is 5.10. The molecule has 0 aromatic rings. The summed E-state index contributed by atoms with van der Waals surface area (Å²) >= 11 is 2.04. The van der Waals surface area contributed by atoms with Crippen LogP contribution in [0, 0.1) is 0 Å². The molecule has 5 heteroatoms. The Morgan fingerprint density at radius 2 is 2.00 bits per heavy atom. The van der Waals surface area contributed by atoms with E-state index in [0.29, 0.717) is 32.4 Å². The second-order valence-corrected chi connectivity index (χ2v) is 7.15. The Morgan fingerprint density at radius 1 is 1.19 bits per heavy atom. The Bertz CT molecular complexity index is 244. The minimum Gasteiger partial charge on any atom is -0.389 e. The molecule has 3 atom stereocenters. The SMILES string of the molecule is CCCCOCCOCC(O)CNC1CCCC1SCC. The lowest BCUT2D eigenvalue weighted by Gasteiger charge is -2.22. The third-order valence-electron chi connectivity index (χ3n) is 3.77. The Morgan fingerprint density at radius 3 is 2.76 bits per heavy atom. The molecule has 0 spiro atoms. The zero-order valence-electron chi connectivity index (χ0n) is 13.7. The molecule has 4 nitrogen and oxygen atoms in total. The first-order chi connectivity index (χ1) is 10.3. The third kappa shape index (κ3) is 9.04. The van der Waals surface area contributed by atoms with E-state index in [9.17, 15) is 5.11 Å². The van der Waals surface area contributed by atoms with Crippen molar-refractivity contribution in [3.05, 3.63) is 0 Å². The minimum absolute atomic E-state index is 0.391. The molecule has 1 rings (SSSR count). The summed E-state index contributed by atoms with van der Waals surface area (Å²) in [5.41, 5.74) is 0. The van der Waals surface area contributed by atoms with Crippen LogP contribution >= 0.6 is 11.8 Å². The summed E-state index contributed by atoms with van der Waals surface area (Å²) in [6.07, 6.45) is 5.67. The van der Waals surface area contributed by atoms with Crippen LogP contribution in [0.25, 0.3) is 0 Å². The summed E-state index contributed by atoms with van der Waals surface area (Å²) in [6.45, 7) is 7.38. The average molecular weight is 320 g/mol. The van der Waals surface area contributed by atoms with Gasteiger partial charge in [-0.2, -0.15) is 11.8 Å². The van der Waals surface area contributed by atoms with Gasteiger partial charge in [0.15, 0.2) is 0 Å². The lowest BCUT2D eigenvalue weighted by molar-refractivity contribution is 0.00329. The molecule has 3 unspecified atom stereocenters. The number of aliphatic hydroxyl groups is 1. The molecule has 126 valence electrons. The first-order valence-corrected chi connectivity index (χ1v) is 9.51. The molecule has 1 fully saturated rings. The van der Waals surface area contributed by atoms with Crippen molar-refractivity contribution < 1.29 is 14.6 Å². The summed E-state index contributed by atoms with van der Waals surface area (Å²) in [6, 6.07) is 0.557. The summed E-state index contributed by atoms with van der Waals surface area (Å²) in [5, 5.41) is 14.2. The van der Waals surface area contributed by atoms with Crippen molar-refractivity contribution in [2.24, 2.45) is 0 Å². The minimum atomic E-state index is -0.423. The molecule has 0 radical (unpaired) electrons. The Labute approximate surface area is 134 Å². The fourth-order valence-corrected chi connectivity index (χ4v) is 3.83. The Kier molecular flexibility index (Phi) is 11.6. The number of unbranched alkanes of at least 4 members (excludes halogenated alkanes) is 1. The van der Waals surface area contributed by atoms with Gasteiger partial charge in [0.05, 0.1) is 25.9 Å². The van der Waals surface area contributed by atoms with E-state index < -0.39 is 6.10 Å². The van der Waals surface area contributed by atoms with Crippen LogP contribution in [0.5, 0.6) is 0 Å². The maximum Gasteiger partial charge on any atom is 0.0897 e. The van der Waals surface area contributed by atoms with Crippen molar-refractivity contribution in [1.29, 1.82) is 0 Å². The first kappa shape index (κ1) is 19.2. The van der Waals surface area contributed by atoms with Crippen molar-refractivity contribution in [3.8, 4) is 0 Å². The van der Waals surface area contributed by atoms with E-state index in [-0.39, 0.29) is 0 Å². The van der Waals surface area contributed by atoms with Gasteiger partial charge in [0.2, 0.25) is 0 Å². The quantitative estimate of drug-likeness (QED) is 0.511. The summed E-state index contributed by atoms with van der Waals surface area (Å²) in [5.74, 6) is 1.17. The number of hydrogen-bond donors (Lipinski definition) is 2. The van der Waals surface area contributed by atoms with Crippen LogP contribution in [-0.2, 0) is 9.47 Å². The zero-order chi connectivity index (χ0) is 15.3. The van der Waals surface area contributed by atoms with Crippen LogP contribution in [0.3, 0.4) is 0 Å². The van der Waals surface area contributed by atoms with E-state index >= 15 is 0 Å². The lowest BCUT2D eigenvalue weighted by atomic mass is 10.2. The van der Waals surface area contributed by atoms with E-state index in [1.54, 1.807) is 0 Å². The second kappa shape index (κ2) is 12.7. The van der Waals surface area contributed by atoms with Gasteiger partial charge in [-0.3, -0.25) is 0 Å². The largest absolute Gasteiger partial charge is 0.389 e. The van der Waals surface area contributed by atoms with E-state index in [4.69, 9.17) is 9.47 Å². The van der Waals surface area contributed by atoms with Gasteiger partial charge in [0, 0.05) is 24.4 Å². The van der Waals surface area contributed by atoms with Crippen molar-refractivity contribution >= 4 is 11.8 Å². The van der Waals surface area contributed by atoms with Crippen LogP contribution in [0.4, 0.5) is 0 Å². The van der Waals surface area contributed by atoms with Crippen molar-refractivity contribution in [2.45, 2.75) is 63.3 Å². The van der Waals surface area contributed by atoms with Gasteiger partial charge in [-0.05, 0) is 25.0 Å². The van der Waals surface area contributed by atoms with Crippen LogP contribution in [0.1, 0.15) is 46.0 Å². The maximum atomic E-state index is 9.93. The van der Waals surface area contributed by atoms with Gasteiger partial charge in [-0.15, -0.1) is 0 Å². The standard InChI is InChI=1S/C16H33NO3S/c1-3-5-9-19-10-11-20-13-14(18)12-17-15-7-6-8-16(15)21-4-2/h14-18H,3-13H2,1-2H3. The van der Waals surface area contributed by atoms with Crippen molar-refractivity contribution in [2.75, 3.05) is 38.7 Å². The Hall–Kier alpha value is 0.190. The number of thioether (sulfide) groups is 1. The normalized spacial score (nSPS) is 23.6. The molecule has 21 heavy (non-hydrogen) atoms. The highest BCUT2D eigenvalue weighted by Crippen LogP contribution is 2.29. The van der Waals surface area contributed by atoms with E-state index in [1.165, 1.54) is 25.0 Å². The summed E-state index contributed by atoms with van der Waals surface area (Å²) < 4.78 is 10.9. The first-order valence-electron chi connectivity index (χ1n) is 8.46. The Balaban J connectivity index is 1.97. The number of nitrogens with one attached hydrogen (secondary N) is 1. The number of ether oxygens (including phenoxy) is 2. The van der Waals surface area contributed by atoms with Gasteiger partial charge in [-0.25, -0.2) is 0 Å². The van der Waals surface area contributed by atoms with Crippen LogP contribution < -0.4 is 5.32 Å². The predicted molar refractivity (Wildman–Crippen MR) is 90.1 cm³/mol. The van der Waals surface area contributed by atoms with Crippen molar-refractivity contribution in [3.63, 3.8) is 0 Å². The van der Waals surface area contributed by atoms with E-state index in [1.807, 2.05) is 11.8 Å². The molecule has 0 amide bonds. The molecule has 0 saturated heterocycles. The van der Waals surface area contributed by atoms with Crippen LogP contribution in [0.15, 0.2) is 0 Å². The molecule has 0 heterocycles. The van der Waals surface area contributed by atoms with E-state index in [2.05, 4.69) is 19.2 Å². The highest BCUT2D eigenvalue weighted by Gasteiger charge is 2.26. The highest BCUT2D eigenvalue weighted by atomic mass is 32.2. The van der Waals surface area contributed by atoms with Gasteiger partial charge in [-0.1, -0.05) is 26.7 Å². The smallest absolute Gasteiger partial charge is 0.0897 e. The molecular formula is C16H33NO3S. The summed E-state index contributed by atoms with van der Waals surface area (Å²) in [7, 11) is 0. The molecule has 1 aliphatic carbocycles.